The van der Waals surface area contributed by atoms with Crippen LogP contribution in [-0.4, -0.2) is 11.7 Å². The SMILES string of the molecule is CCNC(C)c1cc(C(C)(C)C)c(O)c(C(C)(C)C)c1. The average molecular weight is 277 g/mol. The van der Waals surface area contributed by atoms with Crippen LogP contribution >= 0.6 is 0 Å². The van der Waals surface area contributed by atoms with Crippen LogP contribution in [0.5, 0.6) is 5.75 Å². The Labute approximate surface area is 124 Å². The molecule has 0 radical (unpaired) electrons. The van der Waals surface area contributed by atoms with Crippen molar-refractivity contribution in [2.45, 2.75) is 72.3 Å². The van der Waals surface area contributed by atoms with Gasteiger partial charge in [-0.15, -0.1) is 0 Å². The summed E-state index contributed by atoms with van der Waals surface area (Å²) >= 11 is 0. The first-order chi connectivity index (χ1) is 8.98. The molecule has 2 N–H and O–H groups in total. The summed E-state index contributed by atoms with van der Waals surface area (Å²) in [5, 5.41) is 14.1. The molecule has 1 aromatic carbocycles. The Morgan fingerprint density at radius 2 is 1.40 bits per heavy atom. The molecule has 2 nitrogen and oxygen atoms in total. The predicted octanol–water partition coefficient (Wildman–Crippen LogP) is 4.66. The Morgan fingerprint density at radius 3 is 1.70 bits per heavy atom. The van der Waals surface area contributed by atoms with Gasteiger partial charge in [0.1, 0.15) is 5.75 Å². The second-order valence-electron chi connectivity index (χ2n) is 7.74. The van der Waals surface area contributed by atoms with Gasteiger partial charge >= 0.3 is 0 Å². The summed E-state index contributed by atoms with van der Waals surface area (Å²) in [5.41, 5.74) is 3.19. The van der Waals surface area contributed by atoms with E-state index in [1.165, 1.54) is 5.56 Å². The number of benzene rings is 1. The second kappa shape index (κ2) is 5.77. The largest absolute Gasteiger partial charge is 0.507 e. The number of phenolic OH excluding ortho intramolecular Hbond substituents is 1. The molecular formula is C18H31NO. The van der Waals surface area contributed by atoms with E-state index in [0.29, 0.717) is 11.8 Å². The summed E-state index contributed by atoms with van der Waals surface area (Å²) < 4.78 is 0. The van der Waals surface area contributed by atoms with Gasteiger partial charge in [-0.25, -0.2) is 0 Å². The van der Waals surface area contributed by atoms with Crippen LogP contribution in [0.4, 0.5) is 0 Å². The van der Waals surface area contributed by atoms with Crippen molar-refractivity contribution in [3.63, 3.8) is 0 Å². The van der Waals surface area contributed by atoms with Gasteiger partial charge in [-0.1, -0.05) is 60.6 Å². The van der Waals surface area contributed by atoms with Crippen LogP contribution in [0.15, 0.2) is 12.1 Å². The van der Waals surface area contributed by atoms with E-state index < -0.39 is 0 Å². The summed E-state index contributed by atoms with van der Waals surface area (Å²) in [6.45, 7) is 18.1. The van der Waals surface area contributed by atoms with E-state index in [0.717, 1.165) is 17.7 Å². The van der Waals surface area contributed by atoms with Crippen LogP contribution in [0, 0.1) is 0 Å². The smallest absolute Gasteiger partial charge is 0.123 e. The standard InChI is InChI=1S/C18H31NO/c1-9-19-12(2)13-10-14(17(3,4)5)16(20)15(11-13)18(6,7)8/h10-12,19-20H,9H2,1-8H3. The van der Waals surface area contributed by atoms with Gasteiger partial charge in [-0.2, -0.15) is 0 Å². The number of hydrogen-bond donors (Lipinski definition) is 2. The Balaban J connectivity index is 3.50. The molecule has 0 aliphatic rings. The summed E-state index contributed by atoms with van der Waals surface area (Å²) in [4.78, 5) is 0. The number of aromatic hydroxyl groups is 1. The third-order valence-corrected chi connectivity index (χ3v) is 3.76. The van der Waals surface area contributed by atoms with Crippen molar-refractivity contribution >= 4 is 0 Å². The molecule has 1 unspecified atom stereocenters. The van der Waals surface area contributed by atoms with Gasteiger partial charge < -0.3 is 10.4 Å². The molecule has 0 spiro atoms. The lowest BCUT2D eigenvalue weighted by molar-refractivity contribution is 0.421. The average Bonchev–Trinajstić information content (AvgIpc) is 2.26. The van der Waals surface area contributed by atoms with Crippen LogP contribution in [0.25, 0.3) is 0 Å². The van der Waals surface area contributed by atoms with Crippen molar-refractivity contribution in [3.05, 3.63) is 28.8 Å². The molecular weight excluding hydrogens is 246 g/mol. The maximum absolute atomic E-state index is 10.7. The van der Waals surface area contributed by atoms with E-state index in [4.69, 9.17) is 0 Å². The lowest BCUT2D eigenvalue weighted by Crippen LogP contribution is -2.22. The second-order valence-corrected chi connectivity index (χ2v) is 7.74. The van der Waals surface area contributed by atoms with Gasteiger partial charge in [0.15, 0.2) is 0 Å². The van der Waals surface area contributed by atoms with E-state index in [1.54, 1.807) is 0 Å². The summed E-state index contributed by atoms with van der Waals surface area (Å²) in [5.74, 6) is 0.456. The molecule has 0 saturated carbocycles. The highest BCUT2D eigenvalue weighted by Crippen LogP contribution is 2.40. The molecule has 0 saturated heterocycles. The van der Waals surface area contributed by atoms with Gasteiger partial charge in [-0.05, 0) is 41.0 Å². The summed E-state index contributed by atoms with van der Waals surface area (Å²) in [7, 11) is 0. The lowest BCUT2D eigenvalue weighted by Gasteiger charge is -2.29. The van der Waals surface area contributed by atoms with Gasteiger partial charge in [0, 0.05) is 6.04 Å². The molecule has 0 bridgehead atoms. The van der Waals surface area contributed by atoms with Crippen LogP contribution in [0.2, 0.25) is 0 Å². The van der Waals surface area contributed by atoms with Crippen molar-refractivity contribution in [2.24, 2.45) is 0 Å². The fraction of sp³-hybridized carbons (Fsp3) is 0.667. The Kier molecular flexibility index (Phi) is 4.91. The number of hydrogen-bond acceptors (Lipinski definition) is 2. The molecule has 0 amide bonds. The summed E-state index contributed by atoms with van der Waals surface area (Å²) in [6.07, 6.45) is 0. The molecule has 1 rings (SSSR count). The molecule has 0 heterocycles. The van der Waals surface area contributed by atoms with E-state index in [9.17, 15) is 5.11 Å². The quantitative estimate of drug-likeness (QED) is 0.842. The van der Waals surface area contributed by atoms with Gasteiger partial charge in [-0.3, -0.25) is 0 Å². The third-order valence-electron chi connectivity index (χ3n) is 3.76. The van der Waals surface area contributed by atoms with E-state index in [-0.39, 0.29) is 10.8 Å². The van der Waals surface area contributed by atoms with E-state index >= 15 is 0 Å². The van der Waals surface area contributed by atoms with Crippen LogP contribution in [-0.2, 0) is 10.8 Å². The number of nitrogens with one attached hydrogen (secondary N) is 1. The highest BCUT2D eigenvalue weighted by Gasteiger charge is 2.27. The Morgan fingerprint density at radius 1 is 1.00 bits per heavy atom. The molecule has 20 heavy (non-hydrogen) atoms. The van der Waals surface area contributed by atoms with Gasteiger partial charge in [0.05, 0.1) is 0 Å². The molecule has 0 aliphatic carbocycles. The van der Waals surface area contributed by atoms with Crippen molar-refractivity contribution < 1.29 is 5.11 Å². The first-order valence-electron chi connectivity index (χ1n) is 7.59. The monoisotopic (exact) mass is 277 g/mol. The van der Waals surface area contributed by atoms with Crippen molar-refractivity contribution in [2.75, 3.05) is 6.54 Å². The topological polar surface area (TPSA) is 32.3 Å². The summed E-state index contributed by atoms with van der Waals surface area (Å²) in [6, 6.07) is 4.60. The van der Waals surface area contributed by atoms with E-state index in [2.05, 4.69) is 72.8 Å². The zero-order chi connectivity index (χ0) is 15.7. The minimum atomic E-state index is -0.0635. The van der Waals surface area contributed by atoms with Crippen molar-refractivity contribution in [3.8, 4) is 5.75 Å². The number of phenols is 1. The molecule has 1 atom stereocenters. The minimum Gasteiger partial charge on any atom is -0.507 e. The van der Waals surface area contributed by atoms with Crippen LogP contribution in [0.1, 0.15) is 78.1 Å². The Hall–Kier alpha value is -1.02. The maximum Gasteiger partial charge on any atom is 0.123 e. The fourth-order valence-corrected chi connectivity index (χ4v) is 2.47. The van der Waals surface area contributed by atoms with Crippen molar-refractivity contribution in [1.82, 2.24) is 5.32 Å². The predicted molar refractivity (Wildman–Crippen MR) is 87.6 cm³/mol. The molecule has 0 fully saturated rings. The van der Waals surface area contributed by atoms with Gasteiger partial charge in [0.2, 0.25) is 0 Å². The highest BCUT2D eigenvalue weighted by molar-refractivity contribution is 5.50. The minimum absolute atomic E-state index is 0.0635. The molecule has 0 aromatic heterocycles. The zero-order valence-corrected chi connectivity index (χ0v) is 14.4. The zero-order valence-electron chi connectivity index (χ0n) is 14.4. The molecule has 2 heteroatoms. The number of rotatable bonds is 3. The lowest BCUT2D eigenvalue weighted by atomic mass is 9.78. The normalized spacial score (nSPS) is 14.4. The first kappa shape index (κ1) is 17.0. The molecule has 1 aromatic rings. The van der Waals surface area contributed by atoms with Crippen LogP contribution in [0.3, 0.4) is 0 Å². The van der Waals surface area contributed by atoms with Crippen molar-refractivity contribution in [1.29, 1.82) is 0 Å². The third kappa shape index (κ3) is 3.76. The van der Waals surface area contributed by atoms with E-state index in [1.807, 2.05) is 0 Å². The van der Waals surface area contributed by atoms with Gasteiger partial charge in [0.25, 0.3) is 0 Å². The molecule has 0 aliphatic heterocycles. The first-order valence-corrected chi connectivity index (χ1v) is 7.59. The Bertz CT molecular complexity index is 428. The maximum atomic E-state index is 10.7. The molecule has 114 valence electrons. The highest BCUT2D eigenvalue weighted by atomic mass is 16.3. The van der Waals surface area contributed by atoms with Crippen LogP contribution < -0.4 is 5.32 Å². The fourth-order valence-electron chi connectivity index (χ4n) is 2.47.